The summed E-state index contributed by atoms with van der Waals surface area (Å²) in [5.74, 6) is -1.54. The number of nitrogens with one attached hydrogen (secondary N) is 1. The van der Waals surface area contributed by atoms with Crippen molar-refractivity contribution in [2.75, 3.05) is 12.4 Å². The lowest BCUT2D eigenvalue weighted by Crippen LogP contribution is -2.44. The Labute approximate surface area is 95.7 Å². The molecular formula is C9H19NO5S. The summed E-state index contributed by atoms with van der Waals surface area (Å²) in [5, 5.41) is 17.3. The Morgan fingerprint density at radius 1 is 1.38 bits per heavy atom. The van der Waals surface area contributed by atoms with Gasteiger partial charge in [0.25, 0.3) is 0 Å². The molecule has 0 amide bonds. The quantitative estimate of drug-likeness (QED) is 0.607. The summed E-state index contributed by atoms with van der Waals surface area (Å²) in [6.07, 6.45) is 0.417. The van der Waals surface area contributed by atoms with Crippen molar-refractivity contribution in [3.8, 4) is 0 Å². The number of aliphatic hydroxyl groups is 1. The van der Waals surface area contributed by atoms with E-state index in [0.29, 0.717) is 6.42 Å². The molecule has 0 aliphatic carbocycles. The number of carboxylic acid groups (broad SMARTS) is 1. The highest BCUT2D eigenvalue weighted by molar-refractivity contribution is 7.89. The van der Waals surface area contributed by atoms with Crippen molar-refractivity contribution >= 4 is 16.0 Å². The van der Waals surface area contributed by atoms with Gasteiger partial charge in [-0.15, -0.1) is 0 Å². The molecule has 0 rings (SSSR count). The Bertz CT molecular complexity index is 330. The van der Waals surface area contributed by atoms with Crippen LogP contribution in [-0.2, 0) is 14.8 Å². The third-order valence-corrected chi connectivity index (χ3v) is 3.31. The van der Waals surface area contributed by atoms with Crippen LogP contribution in [0.25, 0.3) is 0 Å². The van der Waals surface area contributed by atoms with E-state index in [4.69, 9.17) is 10.2 Å². The standard InChI is InChI=1S/C9H19NO5S/c1-9(2,3)4-5-16(14,15)10-7(6-11)8(12)13/h7,10-11H,4-6H2,1-3H3,(H,12,13)/t7-/m0/s1. The predicted molar refractivity (Wildman–Crippen MR) is 59.5 cm³/mol. The molecule has 0 aliphatic rings. The van der Waals surface area contributed by atoms with Crippen LogP contribution in [0.1, 0.15) is 27.2 Å². The maximum atomic E-state index is 11.5. The molecule has 0 heterocycles. The molecule has 0 unspecified atom stereocenters. The SMILES string of the molecule is CC(C)(C)CCS(=O)(=O)N[C@@H](CO)C(=O)O. The van der Waals surface area contributed by atoms with Gasteiger partial charge in [-0.25, -0.2) is 8.42 Å². The Morgan fingerprint density at radius 3 is 2.19 bits per heavy atom. The molecule has 0 bridgehead atoms. The van der Waals surface area contributed by atoms with Crippen molar-refractivity contribution in [2.45, 2.75) is 33.2 Å². The summed E-state index contributed by atoms with van der Waals surface area (Å²) >= 11 is 0. The topological polar surface area (TPSA) is 104 Å². The summed E-state index contributed by atoms with van der Waals surface area (Å²) in [6, 6.07) is -1.47. The summed E-state index contributed by atoms with van der Waals surface area (Å²) in [5.41, 5.74) is -0.146. The summed E-state index contributed by atoms with van der Waals surface area (Å²) < 4.78 is 24.9. The van der Waals surface area contributed by atoms with Gasteiger partial charge in [0.2, 0.25) is 10.0 Å². The smallest absolute Gasteiger partial charge is 0.324 e. The first-order valence-corrected chi connectivity index (χ1v) is 6.56. The lowest BCUT2D eigenvalue weighted by Gasteiger charge is -2.19. The molecule has 1 atom stereocenters. The first-order chi connectivity index (χ1) is 7.07. The van der Waals surface area contributed by atoms with Crippen molar-refractivity contribution in [3.05, 3.63) is 0 Å². The lowest BCUT2D eigenvalue weighted by atomic mass is 9.94. The first-order valence-electron chi connectivity index (χ1n) is 4.91. The van der Waals surface area contributed by atoms with Crippen molar-refractivity contribution < 1.29 is 23.4 Å². The molecule has 96 valence electrons. The number of aliphatic carboxylic acids is 1. The van der Waals surface area contributed by atoms with Crippen LogP contribution < -0.4 is 4.72 Å². The normalized spacial score (nSPS) is 14.8. The van der Waals surface area contributed by atoms with Crippen LogP contribution >= 0.6 is 0 Å². The van der Waals surface area contributed by atoms with Crippen LogP contribution in [0, 0.1) is 5.41 Å². The van der Waals surface area contributed by atoms with Gasteiger partial charge in [0.05, 0.1) is 12.4 Å². The van der Waals surface area contributed by atoms with Gasteiger partial charge in [0, 0.05) is 0 Å². The van der Waals surface area contributed by atoms with Crippen LogP contribution in [0.2, 0.25) is 0 Å². The molecule has 0 radical (unpaired) electrons. The fourth-order valence-corrected chi connectivity index (χ4v) is 2.49. The van der Waals surface area contributed by atoms with E-state index in [1.165, 1.54) is 0 Å². The van der Waals surface area contributed by atoms with Crippen molar-refractivity contribution in [1.29, 1.82) is 0 Å². The zero-order valence-corrected chi connectivity index (χ0v) is 10.5. The van der Waals surface area contributed by atoms with E-state index in [1.54, 1.807) is 0 Å². The van der Waals surface area contributed by atoms with Crippen molar-refractivity contribution in [3.63, 3.8) is 0 Å². The second kappa shape index (κ2) is 5.60. The van der Waals surface area contributed by atoms with Gasteiger partial charge in [-0.2, -0.15) is 4.72 Å². The van der Waals surface area contributed by atoms with Gasteiger partial charge in [-0.3, -0.25) is 4.79 Å². The molecule has 16 heavy (non-hydrogen) atoms. The molecule has 0 aromatic heterocycles. The van der Waals surface area contributed by atoms with Crippen LogP contribution in [0.4, 0.5) is 0 Å². The summed E-state index contributed by atoms with van der Waals surface area (Å²) in [7, 11) is -3.66. The number of sulfonamides is 1. The highest BCUT2D eigenvalue weighted by atomic mass is 32.2. The second-order valence-corrected chi connectivity index (χ2v) is 6.69. The van der Waals surface area contributed by atoms with Gasteiger partial charge in [-0.1, -0.05) is 20.8 Å². The number of rotatable bonds is 6. The summed E-state index contributed by atoms with van der Waals surface area (Å²) in [4.78, 5) is 10.5. The van der Waals surface area contributed by atoms with Gasteiger partial charge < -0.3 is 10.2 Å². The Kier molecular flexibility index (Phi) is 5.37. The predicted octanol–water partition coefficient (Wildman–Crippen LogP) is -0.212. The largest absolute Gasteiger partial charge is 0.480 e. The fraction of sp³-hybridized carbons (Fsp3) is 0.889. The maximum absolute atomic E-state index is 11.5. The molecule has 3 N–H and O–H groups in total. The molecular weight excluding hydrogens is 234 g/mol. The number of hydrogen-bond acceptors (Lipinski definition) is 4. The minimum absolute atomic E-state index is 0.146. The highest BCUT2D eigenvalue weighted by Gasteiger charge is 2.24. The van der Waals surface area contributed by atoms with E-state index < -0.39 is 28.6 Å². The average Bonchev–Trinajstić information content (AvgIpc) is 2.10. The zero-order chi connectivity index (χ0) is 13.0. The second-order valence-electron chi connectivity index (χ2n) is 4.82. The molecule has 0 saturated heterocycles. The number of carbonyl (C=O) groups is 1. The van der Waals surface area contributed by atoms with Crippen LogP contribution in [-0.4, -0.2) is 43.0 Å². The Hall–Kier alpha value is -0.660. The van der Waals surface area contributed by atoms with Crippen LogP contribution in [0.3, 0.4) is 0 Å². The van der Waals surface area contributed by atoms with Crippen LogP contribution in [0.15, 0.2) is 0 Å². The average molecular weight is 253 g/mol. The molecule has 0 aromatic rings. The number of hydrogen-bond donors (Lipinski definition) is 3. The van der Waals surface area contributed by atoms with E-state index in [0.717, 1.165) is 0 Å². The maximum Gasteiger partial charge on any atom is 0.324 e. The number of aliphatic hydroxyl groups excluding tert-OH is 1. The molecule has 0 saturated carbocycles. The molecule has 0 aliphatic heterocycles. The van der Waals surface area contributed by atoms with Crippen molar-refractivity contribution in [2.24, 2.45) is 5.41 Å². The molecule has 7 heteroatoms. The van der Waals surface area contributed by atoms with Gasteiger partial charge >= 0.3 is 5.97 Å². The highest BCUT2D eigenvalue weighted by Crippen LogP contribution is 2.18. The summed E-state index contributed by atoms with van der Waals surface area (Å²) in [6.45, 7) is 4.92. The van der Waals surface area contributed by atoms with Crippen LogP contribution in [0.5, 0.6) is 0 Å². The van der Waals surface area contributed by atoms with Gasteiger partial charge in [0.1, 0.15) is 6.04 Å². The molecule has 0 fully saturated rings. The third-order valence-electron chi connectivity index (χ3n) is 1.92. The van der Waals surface area contributed by atoms with Gasteiger partial charge in [-0.05, 0) is 11.8 Å². The van der Waals surface area contributed by atoms with Crippen molar-refractivity contribution in [1.82, 2.24) is 4.72 Å². The molecule has 6 nitrogen and oxygen atoms in total. The minimum Gasteiger partial charge on any atom is -0.480 e. The monoisotopic (exact) mass is 253 g/mol. The lowest BCUT2D eigenvalue weighted by molar-refractivity contribution is -0.139. The minimum atomic E-state index is -3.66. The first kappa shape index (κ1) is 15.3. The Morgan fingerprint density at radius 2 is 1.88 bits per heavy atom. The molecule has 0 aromatic carbocycles. The Balaban J connectivity index is 4.41. The van der Waals surface area contributed by atoms with E-state index in [-0.39, 0.29) is 11.2 Å². The fourth-order valence-electron chi connectivity index (χ4n) is 0.882. The van der Waals surface area contributed by atoms with E-state index in [1.807, 2.05) is 25.5 Å². The number of carboxylic acids is 1. The molecule has 0 spiro atoms. The zero-order valence-electron chi connectivity index (χ0n) is 9.73. The van der Waals surface area contributed by atoms with Gasteiger partial charge in [0.15, 0.2) is 0 Å². The van der Waals surface area contributed by atoms with E-state index >= 15 is 0 Å². The van der Waals surface area contributed by atoms with E-state index in [9.17, 15) is 13.2 Å². The third kappa shape index (κ3) is 6.76. The van der Waals surface area contributed by atoms with E-state index in [2.05, 4.69) is 0 Å².